The van der Waals surface area contributed by atoms with Gasteiger partial charge in [0.25, 0.3) is 0 Å². The van der Waals surface area contributed by atoms with Crippen molar-refractivity contribution in [1.82, 2.24) is 15.1 Å². The molecule has 2 N–H and O–H groups in total. The molecule has 20 heavy (non-hydrogen) atoms. The van der Waals surface area contributed by atoms with Crippen molar-refractivity contribution in [3.8, 4) is 5.75 Å². The van der Waals surface area contributed by atoms with Crippen LogP contribution < -0.4 is 10.1 Å². The summed E-state index contributed by atoms with van der Waals surface area (Å²) in [4.78, 5) is 0. The Morgan fingerprint density at radius 1 is 1.40 bits per heavy atom. The van der Waals surface area contributed by atoms with E-state index in [1.54, 1.807) is 4.68 Å². The Morgan fingerprint density at radius 3 is 2.90 bits per heavy atom. The molecule has 1 aromatic heterocycles. The minimum Gasteiger partial charge on any atom is -0.491 e. The summed E-state index contributed by atoms with van der Waals surface area (Å²) in [5.41, 5.74) is 2.23. The fourth-order valence-corrected chi connectivity index (χ4v) is 1.99. The first-order chi connectivity index (χ1) is 9.70. The summed E-state index contributed by atoms with van der Waals surface area (Å²) in [5, 5.41) is 16.5. The molecule has 0 saturated heterocycles. The van der Waals surface area contributed by atoms with Crippen LogP contribution >= 0.6 is 0 Å². The van der Waals surface area contributed by atoms with Crippen LogP contribution in [0.15, 0.2) is 36.7 Å². The van der Waals surface area contributed by atoms with Crippen molar-refractivity contribution < 1.29 is 9.84 Å². The molecule has 0 aliphatic carbocycles. The Labute approximate surface area is 119 Å². The number of ether oxygens (including phenoxy) is 1. The first-order valence-corrected chi connectivity index (χ1v) is 6.74. The van der Waals surface area contributed by atoms with E-state index in [0.29, 0.717) is 13.2 Å². The van der Waals surface area contributed by atoms with E-state index in [1.165, 1.54) is 0 Å². The summed E-state index contributed by atoms with van der Waals surface area (Å²) >= 11 is 0. The van der Waals surface area contributed by atoms with Crippen LogP contribution in [0.4, 0.5) is 0 Å². The summed E-state index contributed by atoms with van der Waals surface area (Å²) in [5.74, 6) is 0.812. The maximum Gasteiger partial charge on any atom is 0.123 e. The van der Waals surface area contributed by atoms with Gasteiger partial charge in [0.15, 0.2) is 0 Å². The van der Waals surface area contributed by atoms with Gasteiger partial charge in [-0.1, -0.05) is 18.2 Å². The number of benzene rings is 1. The zero-order chi connectivity index (χ0) is 14.4. The topological polar surface area (TPSA) is 59.3 Å². The van der Waals surface area contributed by atoms with Crippen LogP contribution in [0.25, 0.3) is 0 Å². The van der Waals surface area contributed by atoms with Crippen molar-refractivity contribution in [2.24, 2.45) is 7.05 Å². The predicted octanol–water partition coefficient (Wildman–Crippen LogP) is 1.64. The van der Waals surface area contributed by atoms with Gasteiger partial charge in [0.2, 0.25) is 0 Å². The van der Waals surface area contributed by atoms with Crippen molar-refractivity contribution in [3.05, 3.63) is 47.8 Å². The molecule has 0 bridgehead atoms. The second-order valence-corrected chi connectivity index (χ2v) is 4.73. The van der Waals surface area contributed by atoms with E-state index in [9.17, 15) is 0 Å². The summed E-state index contributed by atoms with van der Waals surface area (Å²) < 4.78 is 7.32. The van der Waals surface area contributed by atoms with Gasteiger partial charge >= 0.3 is 0 Å². The van der Waals surface area contributed by atoms with Crippen LogP contribution in [0.5, 0.6) is 5.75 Å². The van der Waals surface area contributed by atoms with E-state index < -0.39 is 0 Å². The number of para-hydroxylation sites is 1. The Balaban J connectivity index is 1.96. The van der Waals surface area contributed by atoms with Gasteiger partial charge in [0.1, 0.15) is 12.4 Å². The second kappa shape index (κ2) is 7.07. The number of nitrogens with zero attached hydrogens (tertiary/aromatic N) is 2. The van der Waals surface area contributed by atoms with E-state index >= 15 is 0 Å². The zero-order valence-corrected chi connectivity index (χ0v) is 11.9. The van der Waals surface area contributed by atoms with Gasteiger partial charge in [-0.15, -0.1) is 0 Å². The van der Waals surface area contributed by atoms with Crippen molar-refractivity contribution in [3.63, 3.8) is 0 Å². The van der Waals surface area contributed by atoms with Gasteiger partial charge in [-0.2, -0.15) is 5.10 Å². The van der Waals surface area contributed by atoms with Gasteiger partial charge < -0.3 is 15.2 Å². The molecule has 1 aromatic carbocycles. The molecule has 2 aromatic rings. The Hall–Kier alpha value is -1.85. The lowest BCUT2D eigenvalue weighted by molar-refractivity contribution is 0.200. The highest BCUT2D eigenvalue weighted by Crippen LogP contribution is 2.19. The number of aryl methyl sites for hydroxylation is 1. The molecule has 1 unspecified atom stereocenters. The molecule has 5 nitrogen and oxygen atoms in total. The molecule has 0 amide bonds. The molecule has 108 valence electrons. The van der Waals surface area contributed by atoms with E-state index in [0.717, 1.165) is 16.9 Å². The lowest BCUT2D eigenvalue weighted by Crippen LogP contribution is -2.18. The van der Waals surface area contributed by atoms with Gasteiger partial charge in [0.05, 0.1) is 12.8 Å². The van der Waals surface area contributed by atoms with Crippen LogP contribution in [-0.2, 0) is 13.6 Å². The van der Waals surface area contributed by atoms with Crippen LogP contribution in [-0.4, -0.2) is 28.1 Å². The van der Waals surface area contributed by atoms with Crippen molar-refractivity contribution >= 4 is 0 Å². The fourth-order valence-electron chi connectivity index (χ4n) is 1.99. The third kappa shape index (κ3) is 3.82. The van der Waals surface area contributed by atoms with Crippen LogP contribution in [0.1, 0.15) is 24.1 Å². The quantitative estimate of drug-likeness (QED) is 0.806. The Bertz CT molecular complexity index is 539. The van der Waals surface area contributed by atoms with Gasteiger partial charge in [-0.3, -0.25) is 4.68 Å². The smallest absolute Gasteiger partial charge is 0.123 e. The monoisotopic (exact) mass is 275 g/mol. The molecule has 0 radical (unpaired) electrons. The van der Waals surface area contributed by atoms with Gasteiger partial charge in [-0.05, 0) is 13.0 Å². The Kier molecular flexibility index (Phi) is 5.15. The van der Waals surface area contributed by atoms with E-state index in [2.05, 4.69) is 17.3 Å². The molecular weight excluding hydrogens is 254 g/mol. The fraction of sp³-hybridized carbons (Fsp3) is 0.400. The van der Waals surface area contributed by atoms with Crippen LogP contribution in [0, 0.1) is 0 Å². The molecule has 2 rings (SSSR count). The molecule has 0 aliphatic heterocycles. The Morgan fingerprint density at radius 2 is 2.20 bits per heavy atom. The summed E-state index contributed by atoms with van der Waals surface area (Å²) in [6.45, 7) is 3.15. The molecular formula is C15H21N3O2. The minimum absolute atomic E-state index is 0.0217. The molecule has 0 fully saturated rings. The number of rotatable bonds is 7. The molecule has 1 heterocycles. The second-order valence-electron chi connectivity index (χ2n) is 4.73. The largest absolute Gasteiger partial charge is 0.491 e. The standard InChI is InChI=1S/C15H21N3O2/c1-12(14-10-17-18(2)11-14)16-9-13-5-3-4-6-15(13)20-8-7-19/h3-6,10-12,16,19H,7-9H2,1-2H3. The average molecular weight is 275 g/mol. The molecule has 0 saturated carbocycles. The summed E-state index contributed by atoms with van der Waals surface area (Å²) in [7, 11) is 1.91. The maximum atomic E-state index is 8.84. The summed E-state index contributed by atoms with van der Waals surface area (Å²) in [6.07, 6.45) is 3.87. The number of aliphatic hydroxyl groups excluding tert-OH is 1. The first-order valence-electron chi connectivity index (χ1n) is 6.74. The van der Waals surface area contributed by atoms with E-state index in [1.807, 2.05) is 43.7 Å². The average Bonchev–Trinajstić information content (AvgIpc) is 2.90. The third-order valence-electron chi connectivity index (χ3n) is 3.15. The number of aliphatic hydroxyl groups is 1. The highest BCUT2D eigenvalue weighted by atomic mass is 16.5. The number of nitrogens with one attached hydrogen (secondary N) is 1. The maximum absolute atomic E-state index is 8.84. The van der Waals surface area contributed by atoms with Crippen LogP contribution in [0.2, 0.25) is 0 Å². The van der Waals surface area contributed by atoms with E-state index in [-0.39, 0.29) is 12.6 Å². The normalized spacial score (nSPS) is 12.3. The SMILES string of the molecule is CC(NCc1ccccc1OCCO)c1cnn(C)c1. The number of aromatic nitrogens is 2. The summed E-state index contributed by atoms with van der Waals surface area (Å²) in [6, 6.07) is 8.07. The number of hydrogen-bond donors (Lipinski definition) is 2. The van der Waals surface area contributed by atoms with Crippen molar-refractivity contribution in [2.75, 3.05) is 13.2 Å². The van der Waals surface area contributed by atoms with Crippen LogP contribution in [0.3, 0.4) is 0 Å². The van der Waals surface area contributed by atoms with E-state index in [4.69, 9.17) is 9.84 Å². The predicted molar refractivity (Wildman–Crippen MR) is 77.5 cm³/mol. The molecule has 5 heteroatoms. The highest BCUT2D eigenvalue weighted by Gasteiger charge is 2.09. The first kappa shape index (κ1) is 14.6. The van der Waals surface area contributed by atoms with Crippen molar-refractivity contribution in [1.29, 1.82) is 0 Å². The van der Waals surface area contributed by atoms with Gasteiger partial charge in [-0.25, -0.2) is 0 Å². The lowest BCUT2D eigenvalue weighted by Gasteiger charge is -2.15. The highest BCUT2D eigenvalue weighted by molar-refractivity contribution is 5.33. The van der Waals surface area contributed by atoms with Gasteiger partial charge in [0, 0.05) is 37.0 Å². The molecule has 1 atom stereocenters. The zero-order valence-electron chi connectivity index (χ0n) is 11.9. The minimum atomic E-state index is 0.0217. The molecule has 0 aliphatic rings. The number of hydrogen-bond acceptors (Lipinski definition) is 4. The van der Waals surface area contributed by atoms with Crippen molar-refractivity contribution in [2.45, 2.75) is 19.5 Å². The molecule has 0 spiro atoms. The third-order valence-corrected chi connectivity index (χ3v) is 3.15. The lowest BCUT2D eigenvalue weighted by atomic mass is 10.1.